The number of hydrogen-bond donors (Lipinski definition) is 2. The Labute approximate surface area is 96.7 Å². The molecule has 90 valence electrons. The van der Waals surface area contributed by atoms with Crippen LogP contribution in [-0.2, 0) is 6.42 Å². The van der Waals surface area contributed by atoms with Gasteiger partial charge in [0.25, 0.3) is 0 Å². The molecule has 1 unspecified atom stereocenters. The summed E-state index contributed by atoms with van der Waals surface area (Å²) in [7, 11) is 1.65. The van der Waals surface area contributed by atoms with E-state index in [9.17, 15) is 10.2 Å². The van der Waals surface area contributed by atoms with Gasteiger partial charge in [-0.25, -0.2) is 0 Å². The van der Waals surface area contributed by atoms with Gasteiger partial charge in [-0.1, -0.05) is 19.1 Å². The number of rotatable bonds is 5. The van der Waals surface area contributed by atoms with Crippen LogP contribution in [0.25, 0.3) is 0 Å². The van der Waals surface area contributed by atoms with E-state index in [1.54, 1.807) is 7.11 Å². The third kappa shape index (κ3) is 3.22. The summed E-state index contributed by atoms with van der Waals surface area (Å²) >= 11 is 0. The van der Waals surface area contributed by atoms with Gasteiger partial charge >= 0.3 is 0 Å². The molecule has 0 saturated heterocycles. The first-order valence-electron chi connectivity index (χ1n) is 5.58. The van der Waals surface area contributed by atoms with Crippen molar-refractivity contribution < 1.29 is 14.9 Å². The predicted molar refractivity (Wildman–Crippen MR) is 63.4 cm³/mol. The molecule has 0 aliphatic heterocycles. The van der Waals surface area contributed by atoms with Gasteiger partial charge in [0.1, 0.15) is 5.75 Å². The Hall–Kier alpha value is -1.06. The van der Waals surface area contributed by atoms with E-state index in [0.717, 1.165) is 23.3 Å². The molecule has 1 aromatic rings. The van der Waals surface area contributed by atoms with Gasteiger partial charge in [-0.3, -0.25) is 0 Å². The molecular weight excluding hydrogens is 204 g/mol. The Balaban J connectivity index is 2.78. The molecule has 0 heterocycles. The molecule has 3 nitrogen and oxygen atoms in total. The Morgan fingerprint density at radius 3 is 2.44 bits per heavy atom. The summed E-state index contributed by atoms with van der Waals surface area (Å²) in [5.41, 5.74) is 2.18. The Kier molecular flexibility index (Phi) is 4.77. The number of hydrogen-bond acceptors (Lipinski definition) is 3. The van der Waals surface area contributed by atoms with Crippen molar-refractivity contribution in [2.75, 3.05) is 7.11 Å². The van der Waals surface area contributed by atoms with Crippen molar-refractivity contribution >= 4 is 0 Å². The molecule has 0 saturated carbocycles. The summed E-state index contributed by atoms with van der Waals surface area (Å²) in [6.07, 6.45) is 0.189. The van der Waals surface area contributed by atoms with Crippen LogP contribution in [0.3, 0.4) is 0 Å². The van der Waals surface area contributed by atoms with Crippen LogP contribution in [0.5, 0.6) is 5.75 Å². The van der Waals surface area contributed by atoms with Gasteiger partial charge in [0.05, 0.1) is 7.11 Å². The van der Waals surface area contributed by atoms with Crippen molar-refractivity contribution in [3.05, 3.63) is 29.3 Å². The van der Waals surface area contributed by atoms with Crippen molar-refractivity contribution in [3.63, 3.8) is 0 Å². The van der Waals surface area contributed by atoms with E-state index >= 15 is 0 Å². The minimum absolute atomic E-state index is 0.104. The molecule has 0 radical (unpaired) electrons. The largest absolute Gasteiger partial charge is 0.496 e. The lowest BCUT2D eigenvalue weighted by Gasteiger charge is -2.17. The van der Waals surface area contributed by atoms with Crippen LogP contribution >= 0.6 is 0 Å². The van der Waals surface area contributed by atoms with Crippen LogP contribution < -0.4 is 4.74 Å². The SMILES string of the molecule is CCC(Cc1ccc(OC)c(C)c1)C(O)O. The van der Waals surface area contributed by atoms with Crippen LogP contribution in [0.2, 0.25) is 0 Å². The third-order valence-corrected chi connectivity index (χ3v) is 2.90. The van der Waals surface area contributed by atoms with E-state index in [1.807, 2.05) is 32.0 Å². The fraction of sp³-hybridized carbons (Fsp3) is 0.538. The van der Waals surface area contributed by atoms with Gasteiger partial charge in [-0.2, -0.15) is 0 Å². The molecule has 2 N–H and O–H groups in total. The standard InChI is InChI=1S/C13H20O3/c1-4-11(13(14)15)8-10-5-6-12(16-3)9(2)7-10/h5-7,11,13-15H,4,8H2,1-3H3. The van der Waals surface area contributed by atoms with Crippen LogP contribution in [0.1, 0.15) is 24.5 Å². The molecule has 0 aliphatic rings. The topological polar surface area (TPSA) is 49.7 Å². The Morgan fingerprint density at radius 2 is 2.00 bits per heavy atom. The molecule has 0 amide bonds. The van der Waals surface area contributed by atoms with Crippen LogP contribution in [0, 0.1) is 12.8 Å². The lowest BCUT2D eigenvalue weighted by molar-refractivity contribution is -0.0843. The normalized spacial score (nSPS) is 12.9. The lowest BCUT2D eigenvalue weighted by atomic mass is 9.95. The molecule has 0 fully saturated rings. The maximum absolute atomic E-state index is 9.17. The predicted octanol–water partition coefficient (Wildman–Crippen LogP) is 1.88. The highest BCUT2D eigenvalue weighted by molar-refractivity contribution is 5.36. The highest BCUT2D eigenvalue weighted by Gasteiger charge is 2.15. The first-order valence-corrected chi connectivity index (χ1v) is 5.58. The second kappa shape index (κ2) is 5.87. The molecule has 1 rings (SSSR count). The molecule has 3 heteroatoms. The third-order valence-electron chi connectivity index (χ3n) is 2.90. The summed E-state index contributed by atoms with van der Waals surface area (Å²) < 4.78 is 5.18. The van der Waals surface area contributed by atoms with Crippen molar-refractivity contribution in [1.29, 1.82) is 0 Å². The fourth-order valence-electron chi connectivity index (χ4n) is 1.83. The number of methoxy groups -OCH3 is 1. The summed E-state index contributed by atoms with van der Waals surface area (Å²) in [6.45, 7) is 3.94. The zero-order valence-electron chi connectivity index (χ0n) is 10.1. The maximum atomic E-state index is 9.17. The number of aliphatic hydroxyl groups excluding tert-OH is 1. The Morgan fingerprint density at radius 1 is 1.31 bits per heavy atom. The monoisotopic (exact) mass is 224 g/mol. The molecule has 1 aromatic carbocycles. The van der Waals surface area contributed by atoms with Crippen molar-refractivity contribution in [2.24, 2.45) is 5.92 Å². The van der Waals surface area contributed by atoms with Crippen LogP contribution in [0.15, 0.2) is 18.2 Å². The minimum atomic E-state index is -1.24. The highest BCUT2D eigenvalue weighted by atomic mass is 16.5. The first kappa shape index (κ1) is 13.0. The molecule has 0 aliphatic carbocycles. The summed E-state index contributed by atoms with van der Waals surface area (Å²) in [5, 5.41) is 18.3. The van der Waals surface area contributed by atoms with Crippen molar-refractivity contribution in [3.8, 4) is 5.75 Å². The first-order chi connectivity index (χ1) is 7.58. The molecule has 0 spiro atoms. The van der Waals surface area contributed by atoms with Crippen molar-refractivity contribution in [2.45, 2.75) is 33.0 Å². The van der Waals surface area contributed by atoms with Gasteiger partial charge in [0.2, 0.25) is 0 Å². The van der Waals surface area contributed by atoms with Crippen LogP contribution in [0.4, 0.5) is 0 Å². The summed E-state index contributed by atoms with van der Waals surface area (Å²) in [6, 6.07) is 5.92. The lowest BCUT2D eigenvalue weighted by Crippen LogP contribution is -2.21. The quantitative estimate of drug-likeness (QED) is 0.751. The van der Waals surface area contributed by atoms with Gasteiger partial charge in [0, 0.05) is 5.92 Å². The molecule has 0 bridgehead atoms. The maximum Gasteiger partial charge on any atom is 0.154 e. The second-order valence-electron chi connectivity index (χ2n) is 4.09. The number of ether oxygens (including phenoxy) is 1. The van der Waals surface area contributed by atoms with Gasteiger partial charge in [0.15, 0.2) is 6.29 Å². The average Bonchev–Trinajstić information content (AvgIpc) is 2.25. The van der Waals surface area contributed by atoms with E-state index in [1.165, 1.54) is 0 Å². The average molecular weight is 224 g/mol. The summed E-state index contributed by atoms with van der Waals surface area (Å²) in [4.78, 5) is 0. The van der Waals surface area contributed by atoms with Gasteiger partial charge < -0.3 is 14.9 Å². The second-order valence-corrected chi connectivity index (χ2v) is 4.09. The van der Waals surface area contributed by atoms with E-state index in [2.05, 4.69) is 0 Å². The fourth-order valence-corrected chi connectivity index (χ4v) is 1.83. The minimum Gasteiger partial charge on any atom is -0.496 e. The molecule has 16 heavy (non-hydrogen) atoms. The molecule has 0 aromatic heterocycles. The molecule has 1 atom stereocenters. The van der Waals surface area contributed by atoms with E-state index in [0.29, 0.717) is 6.42 Å². The van der Waals surface area contributed by atoms with Crippen LogP contribution in [-0.4, -0.2) is 23.6 Å². The number of aliphatic hydroxyl groups is 2. The van der Waals surface area contributed by atoms with Gasteiger partial charge in [-0.15, -0.1) is 0 Å². The zero-order chi connectivity index (χ0) is 12.1. The van der Waals surface area contributed by atoms with E-state index in [4.69, 9.17) is 4.74 Å². The van der Waals surface area contributed by atoms with E-state index in [-0.39, 0.29) is 5.92 Å². The Bertz CT molecular complexity index is 334. The number of aryl methyl sites for hydroxylation is 1. The van der Waals surface area contributed by atoms with Crippen molar-refractivity contribution in [1.82, 2.24) is 0 Å². The zero-order valence-corrected chi connectivity index (χ0v) is 10.1. The summed E-state index contributed by atoms with van der Waals surface area (Å²) in [5.74, 6) is 0.758. The highest BCUT2D eigenvalue weighted by Crippen LogP contribution is 2.22. The van der Waals surface area contributed by atoms with E-state index < -0.39 is 6.29 Å². The van der Waals surface area contributed by atoms with Gasteiger partial charge in [-0.05, 0) is 37.0 Å². The smallest absolute Gasteiger partial charge is 0.154 e. The molecular formula is C13H20O3. The number of benzene rings is 1.